The summed E-state index contributed by atoms with van der Waals surface area (Å²) < 4.78 is 29.3. The second-order valence-electron chi connectivity index (χ2n) is 8.16. The zero-order valence-corrected chi connectivity index (χ0v) is 20.5. The van der Waals surface area contributed by atoms with E-state index in [9.17, 15) is 13.6 Å². The van der Waals surface area contributed by atoms with Gasteiger partial charge in [0, 0.05) is 0 Å². The summed E-state index contributed by atoms with van der Waals surface area (Å²) in [6.45, 7) is 1.73. The smallest absolute Gasteiger partial charge is 0.267 e. The normalized spacial score (nSPS) is 11.6. The fourth-order valence-corrected chi connectivity index (χ4v) is 4.06. The van der Waals surface area contributed by atoms with E-state index < -0.39 is 23.2 Å². The number of hydrogen-bond acceptors (Lipinski definition) is 7. The Morgan fingerprint density at radius 2 is 1.82 bits per heavy atom. The molecule has 0 saturated carbocycles. The molecule has 3 N–H and O–H groups in total. The molecule has 8 nitrogen and oxygen atoms in total. The van der Waals surface area contributed by atoms with Crippen LogP contribution in [-0.2, 0) is 0 Å². The Balaban J connectivity index is 1.63. The van der Waals surface area contributed by atoms with E-state index in [-0.39, 0.29) is 38.9 Å². The van der Waals surface area contributed by atoms with E-state index in [1.165, 1.54) is 29.1 Å². The van der Waals surface area contributed by atoms with Gasteiger partial charge in [0.05, 0.1) is 28.3 Å². The fourth-order valence-electron chi connectivity index (χ4n) is 3.83. The third-order valence-corrected chi connectivity index (χ3v) is 5.94. The van der Waals surface area contributed by atoms with Gasteiger partial charge >= 0.3 is 0 Å². The molecule has 0 aliphatic heterocycles. The molecular weight excluding hydrogens is 512 g/mol. The van der Waals surface area contributed by atoms with Crippen molar-refractivity contribution in [2.75, 3.05) is 11.1 Å². The monoisotopic (exact) mass is 529 g/mol. The molecule has 38 heavy (non-hydrogen) atoms. The van der Waals surface area contributed by atoms with E-state index in [0.717, 1.165) is 12.3 Å². The van der Waals surface area contributed by atoms with Gasteiger partial charge in [-0.05, 0) is 49.2 Å². The molecule has 1 unspecified atom stereocenters. The predicted octanol–water partition coefficient (Wildman–Crippen LogP) is 4.66. The molecule has 0 spiro atoms. The van der Waals surface area contributed by atoms with E-state index in [2.05, 4.69) is 37.1 Å². The van der Waals surface area contributed by atoms with Crippen LogP contribution in [0.5, 0.6) is 0 Å². The minimum absolute atomic E-state index is 0.0314. The van der Waals surface area contributed by atoms with E-state index in [4.69, 9.17) is 17.3 Å². The highest BCUT2D eigenvalue weighted by atomic mass is 35.5. The average molecular weight is 530 g/mol. The first kappa shape index (κ1) is 24.8. The lowest BCUT2D eigenvalue weighted by Gasteiger charge is -2.21. The van der Waals surface area contributed by atoms with Gasteiger partial charge in [-0.15, -0.1) is 0 Å². The summed E-state index contributed by atoms with van der Waals surface area (Å²) in [5, 5.41) is 3.22. The molecule has 0 amide bonds. The highest BCUT2D eigenvalue weighted by Crippen LogP contribution is 2.27. The standard InChI is InChI=1S/C27H18ClF2N7O/c1-15(35-25-19(24(31)33-14-34-25)10-9-17-8-7-16(29)13-32-17)26-36-23-21(30)12-11-20(28)22(23)27(38)37(26)18-5-3-2-4-6-18/h2-8,11-15H,1H3,(H3,31,33,34,35). The molecule has 0 radical (unpaired) electrons. The van der Waals surface area contributed by atoms with Gasteiger partial charge in [-0.1, -0.05) is 35.7 Å². The summed E-state index contributed by atoms with van der Waals surface area (Å²) >= 11 is 6.28. The minimum Gasteiger partial charge on any atom is -0.382 e. The molecule has 3 aromatic heterocycles. The molecule has 1 atom stereocenters. The number of nitrogen functional groups attached to an aromatic ring is 1. The minimum atomic E-state index is -0.690. The number of aromatic nitrogens is 5. The SMILES string of the molecule is CC(Nc1ncnc(N)c1C#Cc1ccc(F)cn1)c1nc2c(F)ccc(Cl)c2c(=O)n1-c1ccccc1. The van der Waals surface area contributed by atoms with Gasteiger partial charge in [-0.3, -0.25) is 9.36 Å². The Morgan fingerprint density at radius 3 is 2.55 bits per heavy atom. The van der Waals surface area contributed by atoms with Crippen molar-refractivity contribution in [3.05, 3.63) is 111 Å². The molecule has 0 bridgehead atoms. The van der Waals surface area contributed by atoms with Gasteiger partial charge in [0.25, 0.3) is 5.56 Å². The number of anilines is 2. The van der Waals surface area contributed by atoms with Crippen LogP contribution in [0, 0.1) is 23.5 Å². The van der Waals surface area contributed by atoms with Crippen LogP contribution in [0.1, 0.15) is 30.0 Å². The van der Waals surface area contributed by atoms with Crippen LogP contribution in [0.15, 0.2) is 71.9 Å². The number of rotatable bonds is 4. The van der Waals surface area contributed by atoms with Crippen LogP contribution in [0.25, 0.3) is 16.6 Å². The summed E-state index contributed by atoms with van der Waals surface area (Å²) in [4.78, 5) is 30.3. The van der Waals surface area contributed by atoms with E-state index in [1.807, 2.05) is 6.07 Å². The Morgan fingerprint density at radius 1 is 1.03 bits per heavy atom. The first-order valence-corrected chi connectivity index (χ1v) is 11.7. The zero-order chi connectivity index (χ0) is 26.8. The van der Waals surface area contributed by atoms with E-state index >= 15 is 0 Å². The van der Waals surface area contributed by atoms with Crippen LogP contribution < -0.4 is 16.6 Å². The highest BCUT2D eigenvalue weighted by molar-refractivity contribution is 6.35. The molecule has 11 heteroatoms. The number of pyridine rings is 1. The summed E-state index contributed by atoms with van der Waals surface area (Å²) in [7, 11) is 0. The molecule has 0 aliphatic rings. The second kappa shape index (κ2) is 10.2. The van der Waals surface area contributed by atoms with Crippen LogP contribution in [0.4, 0.5) is 20.4 Å². The number of hydrogen-bond donors (Lipinski definition) is 2. The van der Waals surface area contributed by atoms with Gasteiger partial charge in [-0.2, -0.15) is 0 Å². The van der Waals surface area contributed by atoms with Crippen LogP contribution in [-0.4, -0.2) is 24.5 Å². The quantitative estimate of drug-likeness (QED) is 0.326. The number of nitrogens with zero attached hydrogens (tertiary/aromatic N) is 5. The maximum Gasteiger partial charge on any atom is 0.267 e. The van der Waals surface area contributed by atoms with Crippen LogP contribution in [0.2, 0.25) is 5.02 Å². The number of nitrogens with one attached hydrogen (secondary N) is 1. The first-order valence-electron chi connectivity index (χ1n) is 11.3. The third kappa shape index (κ3) is 4.75. The van der Waals surface area contributed by atoms with Crippen molar-refractivity contribution in [2.45, 2.75) is 13.0 Å². The molecule has 2 aromatic carbocycles. The molecule has 5 aromatic rings. The fraction of sp³-hybridized carbons (Fsp3) is 0.0741. The third-order valence-electron chi connectivity index (χ3n) is 5.62. The number of benzene rings is 2. The number of fused-ring (bicyclic) bond motifs is 1. The Labute approximate surface area is 220 Å². The van der Waals surface area contributed by atoms with Gasteiger partial charge in [0.15, 0.2) is 0 Å². The zero-order valence-electron chi connectivity index (χ0n) is 19.8. The lowest BCUT2D eigenvalue weighted by Crippen LogP contribution is -2.28. The number of halogens is 3. The van der Waals surface area contributed by atoms with Crippen molar-refractivity contribution in [1.82, 2.24) is 24.5 Å². The lowest BCUT2D eigenvalue weighted by atomic mass is 10.2. The average Bonchev–Trinajstić information content (AvgIpc) is 2.91. The van der Waals surface area contributed by atoms with Crippen molar-refractivity contribution in [3.63, 3.8) is 0 Å². The number of nitrogens with two attached hydrogens (primary N) is 1. The van der Waals surface area contributed by atoms with Gasteiger partial charge in [0.1, 0.15) is 52.2 Å². The Kier molecular flexibility index (Phi) is 6.68. The van der Waals surface area contributed by atoms with Crippen molar-refractivity contribution in [1.29, 1.82) is 0 Å². The molecule has 188 valence electrons. The Hall–Kier alpha value is -4.88. The molecule has 0 fully saturated rings. The maximum absolute atomic E-state index is 14.8. The largest absolute Gasteiger partial charge is 0.382 e. The van der Waals surface area contributed by atoms with Gasteiger partial charge in [-0.25, -0.2) is 28.7 Å². The highest BCUT2D eigenvalue weighted by Gasteiger charge is 2.22. The van der Waals surface area contributed by atoms with Gasteiger partial charge < -0.3 is 11.1 Å². The summed E-state index contributed by atoms with van der Waals surface area (Å²) in [6, 6.07) is 13.3. The predicted molar refractivity (Wildman–Crippen MR) is 141 cm³/mol. The summed E-state index contributed by atoms with van der Waals surface area (Å²) in [5.41, 5.74) is 6.48. The number of para-hydroxylation sites is 1. The van der Waals surface area contributed by atoms with Crippen LogP contribution in [0.3, 0.4) is 0 Å². The molecule has 3 heterocycles. The van der Waals surface area contributed by atoms with Gasteiger partial charge in [0.2, 0.25) is 0 Å². The topological polar surface area (TPSA) is 112 Å². The summed E-state index contributed by atoms with van der Waals surface area (Å²) in [6.07, 6.45) is 2.30. The van der Waals surface area contributed by atoms with E-state index in [0.29, 0.717) is 11.4 Å². The van der Waals surface area contributed by atoms with E-state index in [1.54, 1.807) is 31.2 Å². The molecule has 0 saturated heterocycles. The van der Waals surface area contributed by atoms with Crippen molar-refractivity contribution >= 4 is 34.1 Å². The van der Waals surface area contributed by atoms with Crippen molar-refractivity contribution in [2.24, 2.45) is 0 Å². The van der Waals surface area contributed by atoms with Crippen LogP contribution >= 0.6 is 11.6 Å². The van der Waals surface area contributed by atoms with Crippen molar-refractivity contribution < 1.29 is 8.78 Å². The molecular formula is C27H18ClF2N7O. The second-order valence-corrected chi connectivity index (χ2v) is 8.57. The maximum atomic E-state index is 14.8. The molecule has 5 rings (SSSR count). The van der Waals surface area contributed by atoms with Crippen molar-refractivity contribution in [3.8, 4) is 17.5 Å². The molecule has 0 aliphatic carbocycles. The summed E-state index contributed by atoms with van der Waals surface area (Å²) in [5.74, 6) is 5.04. The Bertz CT molecular complexity index is 1780. The lowest BCUT2D eigenvalue weighted by molar-refractivity contribution is 0.621. The first-order chi connectivity index (χ1) is 18.3.